The smallest absolute Gasteiger partial charge is 0.164 e. The molecule has 1 unspecified atom stereocenters. The number of ether oxygens (including phenoxy) is 1. The highest BCUT2D eigenvalue weighted by molar-refractivity contribution is 14.1. The van der Waals surface area contributed by atoms with Crippen LogP contribution in [-0.4, -0.2) is 43.8 Å². The third-order valence-corrected chi connectivity index (χ3v) is 3.55. The van der Waals surface area contributed by atoms with E-state index in [-0.39, 0.29) is 0 Å². The van der Waals surface area contributed by atoms with E-state index in [2.05, 4.69) is 39.7 Å². The number of hydrogen-bond acceptors (Lipinski definition) is 4. The van der Waals surface area contributed by atoms with Crippen molar-refractivity contribution in [3.05, 3.63) is 21.7 Å². The summed E-state index contributed by atoms with van der Waals surface area (Å²) in [6.07, 6.45) is 0.303. The van der Waals surface area contributed by atoms with E-state index in [1.54, 1.807) is 0 Å². The van der Waals surface area contributed by atoms with E-state index in [9.17, 15) is 0 Å². The first-order valence-electron chi connectivity index (χ1n) is 6.07. The zero-order chi connectivity index (χ0) is 12.1. The van der Waals surface area contributed by atoms with Crippen molar-refractivity contribution in [2.75, 3.05) is 32.8 Å². The van der Waals surface area contributed by atoms with Crippen LogP contribution in [-0.2, 0) is 11.3 Å². The summed E-state index contributed by atoms with van der Waals surface area (Å²) in [5.74, 6) is 0.984. The third-order valence-electron chi connectivity index (χ3n) is 2.97. The van der Waals surface area contributed by atoms with E-state index < -0.39 is 0 Å². The van der Waals surface area contributed by atoms with Crippen molar-refractivity contribution in [3.8, 4) is 0 Å². The average molecular weight is 350 g/mol. The quantitative estimate of drug-likeness (QED) is 0.821. The lowest BCUT2D eigenvalue weighted by atomic mass is 10.2. The van der Waals surface area contributed by atoms with Crippen LogP contribution < -0.4 is 5.32 Å². The lowest BCUT2D eigenvalue weighted by Crippen LogP contribution is -2.46. The highest BCUT2D eigenvalue weighted by atomic mass is 127. The van der Waals surface area contributed by atoms with Crippen molar-refractivity contribution in [2.24, 2.45) is 0 Å². The van der Waals surface area contributed by atoms with Gasteiger partial charge in [0.1, 0.15) is 5.76 Å². The van der Waals surface area contributed by atoms with E-state index in [1.165, 1.54) is 0 Å². The molecule has 1 fully saturated rings. The first-order valence-corrected chi connectivity index (χ1v) is 7.14. The largest absolute Gasteiger partial charge is 0.454 e. The topological polar surface area (TPSA) is 37.6 Å². The van der Waals surface area contributed by atoms with Gasteiger partial charge in [-0.05, 0) is 41.3 Å². The summed E-state index contributed by atoms with van der Waals surface area (Å²) in [6, 6.07) is 3.99. The zero-order valence-corrected chi connectivity index (χ0v) is 12.3. The number of halogens is 1. The predicted octanol–water partition coefficient (Wildman–Crippen LogP) is 1.69. The van der Waals surface area contributed by atoms with Gasteiger partial charge >= 0.3 is 0 Å². The van der Waals surface area contributed by atoms with E-state index in [0.29, 0.717) is 6.10 Å². The number of nitrogens with zero attached hydrogens (tertiary/aromatic N) is 1. The molecule has 1 aromatic heterocycles. The molecule has 17 heavy (non-hydrogen) atoms. The van der Waals surface area contributed by atoms with Crippen LogP contribution in [0.1, 0.15) is 12.7 Å². The molecule has 0 aromatic carbocycles. The molecule has 0 aliphatic carbocycles. The molecule has 1 N–H and O–H groups in total. The predicted molar refractivity (Wildman–Crippen MR) is 75.0 cm³/mol. The second-order valence-corrected chi connectivity index (χ2v) is 5.29. The molecular weight excluding hydrogens is 331 g/mol. The Labute approximate surface area is 116 Å². The zero-order valence-electron chi connectivity index (χ0n) is 10.1. The monoisotopic (exact) mass is 350 g/mol. The summed E-state index contributed by atoms with van der Waals surface area (Å²) >= 11 is 2.18. The Morgan fingerprint density at radius 1 is 1.53 bits per heavy atom. The first-order chi connectivity index (χ1) is 8.28. The Morgan fingerprint density at radius 3 is 3.12 bits per heavy atom. The minimum absolute atomic E-state index is 0.303. The fraction of sp³-hybridized carbons (Fsp3) is 0.667. The molecular formula is C12H19IN2O2. The summed E-state index contributed by atoms with van der Waals surface area (Å²) in [4.78, 5) is 2.42. The normalized spacial score (nSPS) is 21.9. The Hall–Kier alpha value is -0.110. The summed E-state index contributed by atoms with van der Waals surface area (Å²) in [6.45, 7) is 7.89. The van der Waals surface area contributed by atoms with Crippen LogP contribution in [0.4, 0.5) is 0 Å². The van der Waals surface area contributed by atoms with Crippen molar-refractivity contribution >= 4 is 22.6 Å². The van der Waals surface area contributed by atoms with Crippen LogP contribution in [0.5, 0.6) is 0 Å². The summed E-state index contributed by atoms with van der Waals surface area (Å²) in [5.41, 5.74) is 0. The molecule has 0 radical (unpaired) electrons. The molecule has 0 saturated carbocycles. The molecule has 1 aromatic rings. The Bertz CT molecular complexity index is 343. The van der Waals surface area contributed by atoms with Crippen LogP contribution in [0.3, 0.4) is 0 Å². The molecule has 1 aliphatic heterocycles. The highest BCUT2D eigenvalue weighted by Gasteiger charge is 2.18. The molecule has 2 rings (SSSR count). The lowest BCUT2D eigenvalue weighted by Gasteiger charge is -2.32. The van der Waals surface area contributed by atoms with Crippen molar-refractivity contribution in [1.82, 2.24) is 10.2 Å². The average Bonchev–Trinajstić information content (AvgIpc) is 2.75. The maximum absolute atomic E-state index is 5.72. The summed E-state index contributed by atoms with van der Waals surface area (Å²) in [7, 11) is 0. The molecule has 4 nitrogen and oxygen atoms in total. The summed E-state index contributed by atoms with van der Waals surface area (Å²) in [5, 5.41) is 3.38. The molecule has 2 heterocycles. The fourth-order valence-corrected chi connectivity index (χ4v) is 2.46. The minimum atomic E-state index is 0.303. The van der Waals surface area contributed by atoms with Crippen molar-refractivity contribution in [1.29, 1.82) is 0 Å². The van der Waals surface area contributed by atoms with Gasteiger partial charge < -0.3 is 14.5 Å². The number of morpholine rings is 1. The first kappa shape index (κ1) is 13.3. The number of furan rings is 1. The van der Waals surface area contributed by atoms with Gasteiger partial charge in [0.05, 0.1) is 19.3 Å². The van der Waals surface area contributed by atoms with Gasteiger partial charge in [0, 0.05) is 19.6 Å². The second-order valence-electron chi connectivity index (χ2n) is 4.22. The standard InChI is InChI=1S/C12H19IN2O2/c1-2-15-5-6-16-11(9-15)8-14-7-10-3-4-12(13)17-10/h3-4,11,14H,2,5-9H2,1H3. The molecule has 5 heteroatoms. The highest BCUT2D eigenvalue weighted by Crippen LogP contribution is 2.10. The van der Waals surface area contributed by atoms with Crippen molar-refractivity contribution in [2.45, 2.75) is 19.6 Å². The lowest BCUT2D eigenvalue weighted by molar-refractivity contribution is -0.0255. The van der Waals surface area contributed by atoms with Crippen LogP contribution in [0, 0.1) is 3.77 Å². The maximum atomic E-state index is 5.72. The van der Waals surface area contributed by atoms with Gasteiger partial charge in [-0.25, -0.2) is 0 Å². The summed E-state index contributed by atoms with van der Waals surface area (Å²) < 4.78 is 12.1. The maximum Gasteiger partial charge on any atom is 0.164 e. The van der Waals surface area contributed by atoms with E-state index in [1.807, 2.05) is 12.1 Å². The molecule has 0 spiro atoms. The van der Waals surface area contributed by atoms with Gasteiger partial charge in [0.2, 0.25) is 0 Å². The van der Waals surface area contributed by atoms with E-state index in [4.69, 9.17) is 9.15 Å². The Balaban J connectivity index is 1.68. The number of nitrogens with one attached hydrogen (secondary N) is 1. The van der Waals surface area contributed by atoms with Gasteiger partial charge in [-0.1, -0.05) is 6.92 Å². The van der Waals surface area contributed by atoms with E-state index >= 15 is 0 Å². The second kappa shape index (κ2) is 6.72. The Kier molecular flexibility index (Phi) is 5.27. The van der Waals surface area contributed by atoms with Gasteiger partial charge in [-0.15, -0.1) is 0 Å². The van der Waals surface area contributed by atoms with Crippen LogP contribution in [0.25, 0.3) is 0 Å². The van der Waals surface area contributed by atoms with Crippen molar-refractivity contribution in [3.63, 3.8) is 0 Å². The number of hydrogen-bond donors (Lipinski definition) is 1. The fourth-order valence-electron chi connectivity index (χ4n) is 1.99. The Morgan fingerprint density at radius 2 is 2.41 bits per heavy atom. The molecule has 1 atom stereocenters. The molecule has 0 bridgehead atoms. The molecule has 0 amide bonds. The van der Waals surface area contributed by atoms with Gasteiger partial charge in [0.25, 0.3) is 0 Å². The van der Waals surface area contributed by atoms with Crippen LogP contribution >= 0.6 is 22.6 Å². The molecule has 96 valence electrons. The SMILES string of the molecule is CCN1CCOC(CNCc2ccc(I)o2)C1. The number of likely N-dealkylation sites (N-methyl/N-ethyl adjacent to an activating group) is 1. The van der Waals surface area contributed by atoms with E-state index in [0.717, 1.165) is 48.9 Å². The number of rotatable bonds is 5. The van der Waals surface area contributed by atoms with Gasteiger partial charge in [0.15, 0.2) is 3.77 Å². The minimum Gasteiger partial charge on any atom is -0.454 e. The van der Waals surface area contributed by atoms with Gasteiger partial charge in [-0.3, -0.25) is 4.90 Å². The van der Waals surface area contributed by atoms with Gasteiger partial charge in [-0.2, -0.15) is 0 Å². The molecule has 1 saturated heterocycles. The molecule has 1 aliphatic rings. The van der Waals surface area contributed by atoms with Crippen LogP contribution in [0.2, 0.25) is 0 Å². The van der Waals surface area contributed by atoms with Crippen LogP contribution in [0.15, 0.2) is 16.5 Å². The van der Waals surface area contributed by atoms with Crippen molar-refractivity contribution < 1.29 is 9.15 Å². The third kappa shape index (κ3) is 4.24.